The fourth-order valence-corrected chi connectivity index (χ4v) is 5.47. The lowest BCUT2D eigenvalue weighted by molar-refractivity contribution is 0.0491. The fraction of sp³-hybridized carbons (Fsp3) is 0.238. The summed E-state index contributed by atoms with van der Waals surface area (Å²) in [7, 11) is -3.91. The Balaban J connectivity index is 1.70. The number of anilines is 1. The normalized spacial score (nSPS) is 11.8. The molecule has 0 aliphatic carbocycles. The summed E-state index contributed by atoms with van der Waals surface area (Å²) >= 11 is 1.07. The number of aromatic nitrogens is 1. The Morgan fingerprint density at radius 3 is 2.68 bits per heavy atom. The topological polar surface area (TPSA) is 108 Å². The van der Waals surface area contributed by atoms with Gasteiger partial charge in [-0.25, -0.2) is 13.2 Å². The number of nitrogens with zero attached hydrogens (tertiary/aromatic N) is 1. The third-order valence-electron chi connectivity index (χ3n) is 4.92. The minimum Gasteiger partial charge on any atom is -0.460 e. The number of ether oxygens (including phenoxy) is 1. The molecule has 0 bridgehead atoms. The third-order valence-corrected chi connectivity index (χ3v) is 7.24. The van der Waals surface area contributed by atoms with Gasteiger partial charge in [0.1, 0.15) is 5.58 Å². The number of furan rings is 1. The smallest absolute Gasteiger partial charge is 0.374 e. The minimum atomic E-state index is -3.91. The number of nitrogens with one attached hydrogen (secondary N) is 1. The van der Waals surface area contributed by atoms with Crippen LogP contribution in [0.3, 0.4) is 0 Å². The number of esters is 1. The summed E-state index contributed by atoms with van der Waals surface area (Å²) in [6, 6.07) is 9.38. The summed E-state index contributed by atoms with van der Waals surface area (Å²) in [4.78, 5) is 24.0. The van der Waals surface area contributed by atoms with Gasteiger partial charge in [-0.15, -0.1) is 0 Å². The Morgan fingerprint density at radius 2 is 1.97 bits per heavy atom. The van der Waals surface area contributed by atoms with Crippen molar-refractivity contribution in [2.75, 3.05) is 11.3 Å². The molecule has 162 valence electrons. The first kappa shape index (κ1) is 21.1. The van der Waals surface area contributed by atoms with Gasteiger partial charge in [-0.1, -0.05) is 11.3 Å². The predicted octanol–water partition coefficient (Wildman–Crippen LogP) is 4.12. The van der Waals surface area contributed by atoms with Crippen molar-refractivity contribution in [3.8, 4) is 0 Å². The van der Waals surface area contributed by atoms with Crippen LogP contribution >= 0.6 is 11.3 Å². The van der Waals surface area contributed by atoms with Crippen LogP contribution < -0.4 is 9.60 Å². The van der Waals surface area contributed by atoms with Crippen LogP contribution in [0, 0.1) is 6.92 Å². The highest BCUT2D eigenvalue weighted by Crippen LogP contribution is 2.29. The highest BCUT2D eigenvalue weighted by atomic mass is 32.2. The van der Waals surface area contributed by atoms with E-state index >= 15 is 0 Å². The number of fused-ring (bicyclic) bond motifs is 2. The van der Waals surface area contributed by atoms with Gasteiger partial charge in [-0.2, -0.15) is 0 Å². The van der Waals surface area contributed by atoms with Gasteiger partial charge in [0.25, 0.3) is 10.0 Å². The van der Waals surface area contributed by atoms with Crippen molar-refractivity contribution in [1.82, 2.24) is 4.57 Å². The molecule has 0 unspecified atom stereocenters. The summed E-state index contributed by atoms with van der Waals surface area (Å²) in [6.07, 6.45) is 0. The first-order valence-electron chi connectivity index (χ1n) is 9.61. The number of sulfonamides is 1. The average molecular weight is 461 g/mol. The van der Waals surface area contributed by atoms with E-state index in [0.717, 1.165) is 16.9 Å². The van der Waals surface area contributed by atoms with Crippen molar-refractivity contribution in [2.24, 2.45) is 0 Å². The van der Waals surface area contributed by atoms with Crippen molar-refractivity contribution in [2.45, 2.75) is 32.2 Å². The monoisotopic (exact) mass is 460 g/mol. The number of hydrogen-bond acceptors (Lipinski definition) is 7. The van der Waals surface area contributed by atoms with E-state index in [0.29, 0.717) is 33.5 Å². The number of benzene rings is 2. The highest BCUT2D eigenvalue weighted by Gasteiger charge is 2.22. The molecule has 0 saturated carbocycles. The number of aryl methyl sites for hydroxylation is 2. The molecule has 0 aliphatic heterocycles. The lowest BCUT2D eigenvalue weighted by atomic mass is 10.1. The molecule has 2 heterocycles. The summed E-state index contributed by atoms with van der Waals surface area (Å²) in [5.74, 6) is -0.537. The van der Waals surface area contributed by atoms with Gasteiger partial charge < -0.3 is 9.15 Å². The van der Waals surface area contributed by atoms with E-state index in [1.807, 2.05) is 6.92 Å². The summed E-state index contributed by atoms with van der Waals surface area (Å²) in [6.45, 7) is 6.00. The number of thiazole rings is 1. The molecule has 1 N–H and O–H groups in total. The largest absolute Gasteiger partial charge is 0.460 e. The van der Waals surface area contributed by atoms with Crippen LogP contribution in [-0.4, -0.2) is 25.6 Å². The Hall–Kier alpha value is -3.11. The number of hydrogen-bond donors (Lipinski definition) is 1. The predicted molar refractivity (Wildman–Crippen MR) is 119 cm³/mol. The molecule has 0 amide bonds. The third kappa shape index (κ3) is 3.72. The van der Waals surface area contributed by atoms with Gasteiger partial charge in [0, 0.05) is 17.5 Å². The Labute approximate surface area is 182 Å². The van der Waals surface area contributed by atoms with Crippen LogP contribution in [0.25, 0.3) is 21.2 Å². The van der Waals surface area contributed by atoms with Gasteiger partial charge >= 0.3 is 10.8 Å². The molecular weight excluding hydrogens is 440 g/mol. The Kier molecular flexibility index (Phi) is 5.36. The van der Waals surface area contributed by atoms with E-state index in [9.17, 15) is 18.0 Å². The van der Waals surface area contributed by atoms with E-state index in [-0.39, 0.29) is 22.1 Å². The van der Waals surface area contributed by atoms with E-state index in [1.165, 1.54) is 18.2 Å². The van der Waals surface area contributed by atoms with Crippen LogP contribution in [0.1, 0.15) is 30.0 Å². The highest BCUT2D eigenvalue weighted by molar-refractivity contribution is 7.92. The van der Waals surface area contributed by atoms with Crippen molar-refractivity contribution >= 4 is 54.2 Å². The van der Waals surface area contributed by atoms with E-state index in [1.54, 1.807) is 36.6 Å². The molecule has 2 aromatic heterocycles. The zero-order valence-corrected chi connectivity index (χ0v) is 18.7. The summed E-state index contributed by atoms with van der Waals surface area (Å²) < 4.78 is 41.4. The summed E-state index contributed by atoms with van der Waals surface area (Å²) in [5.41, 5.74) is 2.03. The number of carbonyl (C=O) groups is 1. The van der Waals surface area contributed by atoms with Crippen LogP contribution in [-0.2, 0) is 21.3 Å². The molecule has 0 atom stereocenters. The molecule has 0 radical (unpaired) electrons. The molecule has 8 nitrogen and oxygen atoms in total. The SMILES string of the molecule is CCOC(=O)c1oc2ccc(S(=O)(=O)Nc3ccc4c(c3)sc(=O)n4CC)cc2c1C. The second-order valence-electron chi connectivity index (χ2n) is 6.83. The molecule has 4 rings (SSSR count). The fourth-order valence-electron chi connectivity index (χ4n) is 3.40. The lowest BCUT2D eigenvalue weighted by Gasteiger charge is -2.09. The average Bonchev–Trinajstić information content (AvgIpc) is 3.23. The van der Waals surface area contributed by atoms with Gasteiger partial charge in [-0.3, -0.25) is 14.1 Å². The van der Waals surface area contributed by atoms with Crippen LogP contribution in [0.2, 0.25) is 0 Å². The maximum Gasteiger partial charge on any atom is 0.374 e. The van der Waals surface area contributed by atoms with Crippen molar-refractivity contribution in [3.05, 3.63) is 57.4 Å². The van der Waals surface area contributed by atoms with E-state index in [4.69, 9.17) is 9.15 Å². The molecule has 0 fully saturated rings. The number of carbonyl (C=O) groups excluding carboxylic acids is 1. The molecule has 31 heavy (non-hydrogen) atoms. The Bertz CT molecular complexity index is 1480. The molecular formula is C21H20N2O6S2. The van der Waals surface area contributed by atoms with E-state index < -0.39 is 16.0 Å². The van der Waals surface area contributed by atoms with Gasteiger partial charge in [0.2, 0.25) is 5.76 Å². The van der Waals surface area contributed by atoms with Gasteiger partial charge in [-0.05, 0) is 57.2 Å². The van der Waals surface area contributed by atoms with E-state index in [2.05, 4.69) is 4.72 Å². The molecule has 4 aromatic rings. The van der Waals surface area contributed by atoms with Crippen LogP contribution in [0.4, 0.5) is 5.69 Å². The first-order valence-corrected chi connectivity index (χ1v) is 11.9. The van der Waals surface area contributed by atoms with Crippen molar-refractivity contribution < 1.29 is 22.4 Å². The Morgan fingerprint density at radius 1 is 1.19 bits per heavy atom. The zero-order chi connectivity index (χ0) is 22.3. The van der Waals surface area contributed by atoms with Crippen LogP contribution in [0.15, 0.2) is 50.5 Å². The van der Waals surface area contributed by atoms with Gasteiger partial charge in [0.15, 0.2) is 0 Å². The van der Waals surface area contributed by atoms with Crippen LogP contribution in [0.5, 0.6) is 0 Å². The van der Waals surface area contributed by atoms with Gasteiger partial charge in [0.05, 0.1) is 27.4 Å². The lowest BCUT2D eigenvalue weighted by Crippen LogP contribution is -2.13. The molecule has 0 saturated heterocycles. The molecule has 2 aromatic carbocycles. The van der Waals surface area contributed by atoms with Crippen molar-refractivity contribution in [1.29, 1.82) is 0 Å². The quantitative estimate of drug-likeness (QED) is 0.434. The zero-order valence-electron chi connectivity index (χ0n) is 17.1. The first-order chi connectivity index (χ1) is 14.7. The minimum absolute atomic E-state index is 0.0266. The second-order valence-corrected chi connectivity index (χ2v) is 9.51. The second kappa shape index (κ2) is 7.86. The molecule has 0 aliphatic rings. The number of rotatable bonds is 6. The maximum atomic E-state index is 13.0. The summed E-state index contributed by atoms with van der Waals surface area (Å²) in [5, 5.41) is 0.514. The molecule has 10 heteroatoms. The molecule has 0 spiro atoms. The van der Waals surface area contributed by atoms with Crippen molar-refractivity contribution in [3.63, 3.8) is 0 Å². The standard InChI is InChI=1S/C21H20N2O6S2/c1-4-23-16-8-6-13(10-18(16)30-21(23)25)22-31(26,27)14-7-9-17-15(11-14)12(3)19(29-17)20(24)28-5-2/h6-11,22H,4-5H2,1-3H3. The maximum absolute atomic E-state index is 13.0.